The van der Waals surface area contributed by atoms with E-state index in [1.54, 1.807) is 10.9 Å². The molecule has 0 fully saturated rings. The normalized spacial score (nSPS) is 12.4. The van der Waals surface area contributed by atoms with Gasteiger partial charge < -0.3 is 5.32 Å². The maximum Gasteiger partial charge on any atom is 0.244 e. The van der Waals surface area contributed by atoms with Gasteiger partial charge in [0, 0.05) is 30.5 Å². The van der Waals surface area contributed by atoms with Crippen molar-refractivity contribution in [3.05, 3.63) is 33.8 Å². The van der Waals surface area contributed by atoms with E-state index in [0.717, 1.165) is 28.0 Å². The maximum atomic E-state index is 12.2. The van der Waals surface area contributed by atoms with Gasteiger partial charge in [-0.05, 0) is 43.6 Å². The van der Waals surface area contributed by atoms with Gasteiger partial charge in [-0.15, -0.1) is 0 Å². The van der Waals surface area contributed by atoms with E-state index in [4.69, 9.17) is 0 Å². The molecule has 0 spiro atoms. The molecule has 0 saturated heterocycles. The van der Waals surface area contributed by atoms with E-state index < -0.39 is 0 Å². The fourth-order valence-electron chi connectivity index (χ4n) is 2.09. The number of aromatic nitrogens is 4. The van der Waals surface area contributed by atoms with Crippen molar-refractivity contribution >= 4 is 21.8 Å². The highest BCUT2D eigenvalue weighted by molar-refractivity contribution is 9.10. The topological polar surface area (TPSA) is 64.7 Å². The standard InChI is InChI=1S/C14H20BrN5O/c1-5-19-10(3)12(7-17-19)6-16-14(21)11(4)20-8-13(15)9(2)18-20/h7-8,11H,5-6H2,1-4H3,(H,16,21). The molecule has 6 nitrogen and oxygen atoms in total. The SMILES string of the molecule is CCn1ncc(CNC(=O)C(C)n2cc(Br)c(C)n2)c1C. The van der Waals surface area contributed by atoms with Crippen LogP contribution < -0.4 is 5.32 Å². The van der Waals surface area contributed by atoms with Gasteiger partial charge in [-0.2, -0.15) is 10.2 Å². The molecule has 0 aromatic carbocycles. The molecular formula is C14H20BrN5O. The number of nitrogens with one attached hydrogen (secondary N) is 1. The van der Waals surface area contributed by atoms with E-state index in [0.29, 0.717) is 6.54 Å². The maximum absolute atomic E-state index is 12.2. The molecule has 2 heterocycles. The lowest BCUT2D eigenvalue weighted by atomic mass is 10.2. The van der Waals surface area contributed by atoms with Gasteiger partial charge in [0.05, 0.1) is 16.4 Å². The number of hydrogen-bond acceptors (Lipinski definition) is 3. The Bertz CT molecular complexity index is 626. The quantitative estimate of drug-likeness (QED) is 0.897. The van der Waals surface area contributed by atoms with Crippen molar-refractivity contribution < 1.29 is 4.79 Å². The zero-order valence-corrected chi connectivity index (χ0v) is 14.3. The minimum Gasteiger partial charge on any atom is -0.350 e. The largest absolute Gasteiger partial charge is 0.350 e. The van der Waals surface area contributed by atoms with Crippen molar-refractivity contribution in [3.8, 4) is 0 Å². The molecule has 1 unspecified atom stereocenters. The number of aryl methyl sites for hydroxylation is 2. The second kappa shape index (κ2) is 6.43. The average molecular weight is 354 g/mol. The van der Waals surface area contributed by atoms with Crippen molar-refractivity contribution in [1.29, 1.82) is 0 Å². The van der Waals surface area contributed by atoms with Gasteiger partial charge in [-0.3, -0.25) is 14.2 Å². The molecule has 21 heavy (non-hydrogen) atoms. The van der Waals surface area contributed by atoms with Gasteiger partial charge in [0.25, 0.3) is 0 Å². The first kappa shape index (κ1) is 15.8. The summed E-state index contributed by atoms with van der Waals surface area (Å²) >= 11 is 3.40. The van der Waals surface area contributed by atoms with Crippen molar-refractivity contribution in [2.24, 2.45) is 0 Å². The summed E-state index contributed by atoms with van der Waals surface area (Å²) in [5, 5.41) is 11.5. The van der Waals surface area contributed by atoms with Crippen LogP contribution in [0, 0.1) is 13.8 Å². The number of amides is 1. The van der Waals surface area contributed by atoms with Gasteiger partial charge in [0.15, 0.2) is 0 Å². The van der Waals surface area contributed by atoms with Crippen LogP contribution in [0.4, 0.5) is 0 Å². The Morgan fingerprint density at radius 3 is 2.71 bits per heavy atom. The molecule has 2 rings (SSSR count). The lowest BCUT2D eigenvalue weighted by molar-refractivity contribution is -0.124. The minimum atomic E-state index is -0.350. The van der Waals surface area contributed by atoms with E-state index >= 15 is 0 Å². The van der Waals surface area contributed by atoms with Crippen LogP contribution in [0.5, 0.6) is 0 Å². The molecule has 114 valence electrons. The van der Waals surface area contributed by atoms with Gasteiger partial charge in [0.1, 0.15) is 6.04 Å². The summed E-state index contributed by atoms with van der Waals surface area (Å²) < 4.78 is 4.48. The molecule has 0 bridgehead atoms. The van der Waals surface area contributed by atoms with Gasteiger partial charge in [0.2, 0.25) is 5.91 Å². The third-order valence-corrected chi connectivity index (χ3v) is 4.37. The summed E-state index contributed by atoms with van der Waals surface area (Å²) in [5.41, 5.74) is 2.99. The molecule has 1 atom stereocenters. The Kier molecular flexibility index (Phi) is 4.82. The first-order valence-corrected chi connectivity index (χ1v) is 7.73. The summed E-state index contributed by atoms with van der Waals surface area (Å²) in [6.45, 7) is 9.09. The van der Waals surface area contributed by atoms with Gasteiger partial charge >= 0.3 is 0 Å². The molecule has 0 aliphatic rings. The molecule has 1 N–H and O–H groups in total. The first-order chi connectivity index (χ1) is 9.93. The fourth-order valence-corrected chi connectivity index (χ4v) is 2.37. The Hall–Kier alpha value is -1.63. The lowest BCUT2D eigenvalue weighted by Gasteiger charge is -2.12. The molecule has 0 aliphatic carbocycles. The molecule has 7 heteroatoms. The summed E-state index contributed by atoms with van der Waals surface area (Å²) in [5.74, 6) is -0.0614. The van der Waals surface area contributed by atoms with Crippen molar-refractivity contribution in [1.82, 2.24) is 24.9 Å². The second-order valence-corrected chi connectivity index (χ2v) is 5.86. The number of nitrogens with zero attached hydrogens (tertiary/aromatic N) is 4. The van der Waals surface area contributed by atoms with Gasteiger partial charge in [-0.1, -0.05) is 0 Å². The average Bonchev–Trinajstić information content (AvgIpc) is 2.99. The molecule has 2 aromatic heterocycles. The predicted octanol–water partition coefficient (Wildman–Crippen LogP) is 2.36. The Labute approximate surface area is 132 Å². The molecule has 2 aromatic rings. The summed E-state index contributed by atoms with van der Waals surface area (Å²) in [6, 6.07) is -0.350. The Balaban J connectivity index is 1.99. The fraction of sp³-hybridized carbons (Fsp3) is 0.500. The predicted molar refractivity (Wildman–Crippen MR) is 83.9 cm³/mol. The van der Waals surface area contributed by atoms with Crippen LogP contribution in [0.2, 0.25) is 0 Å². The molecule has 0 aliphatic heterocycles. The van der Waals surface area contributed by atoms with Gasteiger partial charge in [-0.25, -0.2) is 0 Å². The first-order valence-electron chi connectivity index (χ1n) is 6.94. The van der Waals surface area contributed by atoms with E-state index in [2.05, 4.69) is 31.4 Å². The van der Waals surface area contributed by atoms with Crippen LogP contribution in [0.1, 0.15) is 36.8 Å². The highest BCUT2D eigenvalue weighted by atomic mass is 79.9. The van der Waals surface area contributed by atoms with E-state index in [1.807, 2.05) is 38.6 Å². The zero-order valence-electron chi connectivity index (χ0n) is 12.7. The molecule has 0 saturated carbocycles. The number of hydrogen-bond donors (Lipinski definition) is 1. The smallest absolute Gasteiger partial charge is 0.244 e. The summed E-state index contributed by atoms with van der Waals surface area (Å²) in [4.78, 5) is 12.2. The van der Waals surface area contributed by atoms with Crippen LogP contribution in [0.15, 0.2) is 16.9 Å². The number of rotatable bonds is 5. The zero-order chi connectivity index (χ0) is 15.6. The minimum absolute atomic E-state index is 0.0614. The van der Waals surface area contributed by atoms with Crippen molar-refractivity contribution in [2.75, 3.05) is 0 Å². The third kappa shape index (κ3) is 3.34. The molecule has 1 amide bonds. The second-order valence-electron chi connectivity index (χ2n) is 5.01. The van der Waals surface area contributed by atoms with E-state index in [-0.39, 0.29) is 11.9 Å². The summed E-state index contributed by atoms with van der Waals surface area (Å²) in [7, 11) is 0. The number of carbonyl (C=O) groups excluding carboxylic acids is 1. The molecule has 0 radical (unpaired) electrons. The Morgan fingerprint density at radius 1 is 1.48 bits per heavy atom. The number of halogens is 1. The highest BCUT2D eigenvalue weighted by Crippen LogP contribution is 2.17. The van der Waals surface area contributed by atoms with Crippen LogP contribution >= 0.6 is 15.9 Å². The monoisotopic (exact) mass is 353 g/mol. The van der Waals surface area contributed by atoms with E-state index in [9.17, 15) is 4.79 Å². The van der Waals surface area contributed by atoms with Crippen LogP contribution in [-0.2, 0) is 17.9 Å². The van der Waals surface area contributed by atoms with E-state index in [1.165, 1.54) is 0 Å². The summed E-state index contributed by atoms with van der Waals surface area (Å²) in [6.07, 6.45) is 3.62. The Morgan fingerprint density at radius 2 is 2.19 bits per heavy atom. The van der Waals surface area contributed by atoms with Crippen LogP contribution in [0.3, 0.4) is 0 Å². The van der Waals surface area contributed by atoms with Crippen LogP contribution in [0.25, 0.3) is 0 Å². The molecular weight excluding hydrogens is 334 g/mol. The highest BCUT2D eigenvalue weighted by Gasteiger charge is 2.17. The third-order valence-electron chi connectivity index (χ3n) is 3.59. The lowest BCUT2D eigenvalue weighted by Crippen LogP contribution is -2.31. The van der Waals surface area contributed by atoms with Crippen molar-refractivity contribution in [2.45, 2.75) is 46.8 Å². The number of carbonyl (C=O) groups is 1. The van der Waals surface area contributed by atoms with Crippen LogP contribution in [-0.4, -0.2) is 25.5 Å². The van der Waals surface area contributed by atoms with Crippen molar-refractivity contribution in [3.63, 3.8) is 0 Å².